The van der Waals surface area contributed by atoms with Crippen molar-refractivity contribution in [2.24, 2.45) is 0 Å². The number of hydrogen-bond donors (Lipinski definition) is 1. The molecular formula is C15H16FN3. The quantitative estimate of drug-likeness (QED) is 0.840. The third kappa shape index (κ3) is 2.26. The standard InChI is InChI=1S/C15H16FN3/c16-12-5-6-13(17)15(9-12)19-8-2-4-14(19)11-3-1-7-18-10-11/h1,3,5-7,9-10,14H,2,4,8,17H2. The molecule has 19 heavy (non-hydrogen) atoms. The van der Waals surface area contributed by atoms with E-state index in [1.807, 2.05) is 12.3 Å². The molecule has 98 valence electrons. The topological polar surface area (TPSA) is 42.1 Å². The van der Waals surface area contributed by atoms with E-state index < -0.39 is 0 Å². The van der Waals surface area contributed by atoms with Crippen LogP contribution in [0.3, 0.4) is 0 Å². The van der Waals surface area contributed by atoms with Crippen molar-refractivity contribution in [3.05, 3.63) is 54.1 Å². The SMILES string of the molecule is Nc1ccc(F)cc1N1CCCC1c1cccnc1. The van der Waals surface area contributed by atoms with Gasteiger partial charge in [0.15, 0.2) is 0 Å². The first-order valence-corrected chi connectivity index (χ1v) is 6.47. The van der Waals surface area contributed by atoms with E-state index in [4.69, 9.17) is 5.73 Å². The molecule has 1 aromatic carbocycles. The van der Waals surface area contributed by atoms with Crippen LogP contribution in [0.4, 0.5) is 15.8 Å². The van der Waals surface area contributed by atoms with E-state index in [0.29, 0.717) is 5.69 Å². The Bertz CT molecular complexity index is 571. The maximum absolute atomic E-state index is 13.4. The first-order valence-electron chi connectivity index (χ1n) is 6.47. The number of rotatable bonds is 2. The lowest BCUT2D eigenvalue weighted by atomic mass is 10.1. The number of pyridine rings is 1. The van der Waals surface area contributed by atoms with Crippen LogP contribution in [0.25, 0.3) is 0 Å². The molecule has 1 atom stereocenters. The normalized spacial score (nSPS) is 18.8. The van der Waals surface area contributed by atoms with Crippen molar-refractivity contribution in [3.8, 4) is 0 Å². The Morgan fingerprint density at radius 3 is 3.00 bits per heavy atom. The lowest BCUT2D eigenvalue weighted by molar-refractivity contribution is 0.625. The summed E-state index contributed by atoms with van der Waals surface area (Å²) >= 11 is 0. The van der Waals surface area contributed by atoms with E-state index in [-0.39, 0.29) is 11.9 Å². The van der Waals surface area contributed by atoms with Crippen LogP contribution in [0.5, 0.6) is 0 Å². The Kier molecular flexibility index (Phi) is 3.07. The smallest absolute Gasteiger partial charge is 0.125 e. The van der Waals surface area contributed by atoms with Crippen molar-refractivity contribution in [1.82, 2.24) is 4.98 Å². The third-order valence-corrected chi connectivity index (χ3v) is 3.62. The number of nitrogens with zero attached hydrogens (tertiary/aromatic N) is 2. The fourth-order valence-electron chi connectivity index (χ4n) is 2.74. The van der Waals surface area contributed by atoms with E-state index in [2.05, 4.69) is 16.0 Å². The zero-order valence-electron chi connectivity index (χ0n) is 10.6. The fraction of sp³-hybridized carbons (Fsp3) is 0.267. The highest BCUT2D eigenvalue weighted by atomic mass is 19.1. The van der Waals surface area contributed by atoms with Crippen LogP contribution in [-0.4, -0.2) is 11.5 Å². The molecule has 2 N–H and O–H groups in total. The number of nitrogens with two attached hydrogens (primary N) is 1. The van der Waals surface area contributed by atoms with Gasteiger partial charge in [-0.05, 0) is 42.7 Å². The van der Waals surface area contributed by atoms with Crippen LogP contribution in [0.1, 0.15) is 24.4 Å². The third-order valence-electron chi connectivity index (χ3n) is 3.62. The van der Waals surface area contributed by atoms with Gasteiger partial charge in [-0.25, -0.2) is 4.39 Å². The molecule has 4 heteroatoms. The molecule has 3 nitrogen and oxygen atoms in total. The number of benzene rings is 1. The summed E-state index contributed by atoms with van der Waals surface area (Å²) in [5, 5.41) is 0. The summed E-state index contributed by atoms with van der Waals surface area (Å²) in [4.78, 5) is 6.34. The Morgan fingerprint density at radius 1 is 1.32 bits per heavy atom. The van der Waals surface area contributed by atoms with Gasteiger partial charge in [0.1, 0.15) is 5.82 Å². The molecule has 3 rings (SSSR count). The monoisotopic (exact) mass is 257 g/mol. The van der Waals surface area contributed by atoms with Crippen LogP contribution >= 0.6 is 0 Å². The summed E-state index contributed by atoms with van der Waals surface area (Å²) in [6.45, 7) is 0.896. The second kappa shape index (κ2) is 4.88. The molecule has 2 heterocycles. The summed E-state index contributed by atoms with van der Waals surface area (Å²) < 4.78 is 13.4. The molecule has 1 saturated heterocycles. The predicted octanol–water partition coefficient (Wildman–Crippen LogP) is 3.14. The molecular weight excluding hydrogens is 241 g/mol. The van der Waals surface area contributed by atoms with Crippen LogP contribution < -0.4 is 10.6 Å². The van der Waals surface area contributed by atoms with Crippen LogP contribution in [0, 0.1) is 5.82 Å². The van der Waals surface area contributed by atoms with Gasteiger partial charge in [0.2, 0.25) is 0 Å². The number of anilines is 2. The van der Waals surface area contributed by atoms with Gasteiger partial charge >= 0.3 is 0 Å². The fourth-order valence-corrected chi connectivity index (χ4v) is 2.74. The van der Waals surface area contributed by atoms with Crippen LogP contribution in [0.15, 0.2) is 42.7 Å². The van der Waals surface area contributed by atoms with Crippen molar-refractivity contribution < 1.29 is 4.39 Å². The molecule has 0 amide bonds. The molecule has 0 radical (unpaired) electrons. The zero-order chi connectivity index (χ0) is 13.2. The van der Waals surface area contributed by atoms with Crippen molar-refractivity contribution in [1.29, 1.82) is 0 Å². The average Bonchev–Trinajstić information content (AvgIpc) is 2.91. The van der Waals surface area contributed by atoms with Gasteiger partial charge in [0.05, 0.1) is 17.4 Å². The highest BCUT2D eigenvalue weighted by Gasteiger charge is 2.27. The van der Waals surface area contributed by atoms with Gasteiger partial charge in [0, 0.05) is 18.9 Å². The Hall–Kier alpha value is -2.10. The number of hydrogen-bond acceptors (Lipinski definition) is 3. The second-order valence-electron chi connectivity index (χ2n) is 4.84. The summed E-state index contributed by atoms with van der Waals surface area (Å²) in [5.74, 6) is -0.249. The predicted molar refractivity (Wildman–Crippen MR) is 74.4 cm³/mol. The Morgan fingerprint density at radius 2 is 2.21 bits per heavy atom. The molecule has 1 aliphatic heterocycles. The minimum Gasteiger partial charge on any atom is -0.397 e. The maximum atomic E-state index is 13.4. The summed E-state index contributed by atoms with van der Waals surface area (Å²) in [5.41, 5.74) is 8.55. The average molecular weight is 257 g/mol. The minimum absolute atomic E-state index is 0.234. The highest BCUT2D eigenvalue weighted by molar-refractivity contribution is 5.68. The van der Waals surface area contributed by atoms with Crippen molar-refractivity contribution in [2.75, 3.05) is 17.2 Å². The number of halogens is 1. The molecule has 0 aliphatic carbocycles. The summed E-state index contributed by atoms with van der Waals surface area (Å²) in [6, 6.07) is 8.77. The van der Waals surface area contributed by atoms with Gasteiger partial charge in [0.25, 0.3) is 0 Å². The van der Waals surface area contributed by atoms with Crippen molar-refractivity contribution >= 4 is 11.4 Å². The molecule has 1 aromatic heterocycles. The van der Waals surface area contributed by atoms with E-state index in [1.54, 1.807) is 12.3 Å². The first-order chi connectivity index (χ1) is 9.25. The first kappa shape index (κ1) is 12.0. The lowest BCUT2D eigenvalue weighted by Crippen LogP contribution is -2.23. The van der Waals surface area contributed by atoms with Gasteiger partial charge in [-0.3, -0.25) is 4.98 Å². The van der Waals surface area contributed by atoms with E-state index >= 15 is 0 Å². The van der Waals surface area contributed by atoms with Gasteiger partial charge in [-0.15, -0.1) is 0 Å². The number of nitrogen functional groups attached to an aromatic ring is 1. The highest BCUT2D eigenvalue weighted by Crippen LogP contribution is 2.38. The Labute approximate surface area is 111 Å². The van der Waals surface area contributed by atoms with Gasteiger partial charge < -0.3 is 10.6 Å². The zero-order valence-corrected chi connectivity index (χ0v) is 10.6. The summed E-state index contributed by atoms with van der Waals surface area (Å²) in [7, 11) is 0. The van der Waals surface area contributed by atoms with E-state index in [0.717, 1.165) is 30.6 Å². The molecule has 0 saturated carbocycles. The van der Waals surface area contributed by atoms with Crippen LogP contribution in [0.2, 0.25) is 0 Å². The molecule has 1 fully saturated rings. The Balaban J connectivity index is 1.97. The maximum Gasteiger partial charge on any atom is 0.125 e. The largest absolute Gasteiger partial charge is 0.397 e. The van der Waals surface area contributed by atoms with E-state index in [1.165, 1.54) is 12.1 Å². The van der Waals surface area contributed by atoms with Gasteiger partial charge in [-0.2, -0.15) is 0 Å². The van der Waals surface area contributed by atoms with Gasteiger partial charge in [-0.1, -0.05) is 6.07 Å². The molecule has 0 spiro atoms. The second-order valence-corrected chi connectivity index (χ2v) is 4.84. The summed E-state index contributed by atoms with van der Waals surface area (Å²) in [6.07, 6.45) is 5.76. The molecule has 1 aliphatic rings. The van der Waals surface area contributed by atoms with E-state index in [9.17, 15) is 4.39 Å². The van der Waals surface area contributed by atoms with Crippen LogP contribution in [-0.2, 0) is 0 Å². The van der Waals surface area contributed by atoms with Crippen molar-refractivity contribution in [2.45, 2.75) is 18.9 Å². The minimum atomic E-state index is -0.249. The lowest BCUT2D eigenvalue weighted by Gasteiger charge is -2.28. The molecule has 2 aromatic rings. The number of aromatic nitrogens is 1. The molecule has 0 bridgehead atoms. The van der Waals surface area contributed by atoms with Crippen molar-refractivity contribution in [3.63, 3.8) is 0 Å². The molecule has 1 unspecified atom stereocenters.